The van der Waals surface area contributed by atoms with Gasteiger partial charge in [-0.2, -0.15) is 0 Å². The molecule has 1 aliphatic heterocycles. The number of hydrogen-bond acceptors (Lipinski definition) is 4. The molecule has 0 aliphatic carbocycles. The summed E-state index contributed by atoms with van der Waals surface area (Å²) >= 11 is 9.60. The van der Waals surface area contributed by atoms with Gasteiger partial charge in [0.1, 0.15) is 12.4 Å². The van der Waals surface area contributed by atoms with Gasteiger partial charge in [-0.3, -0.25) is 0 Å². The van der Waals surface area contributed by atoms with E-state index in [1.807, 2.05) is 24.3 Å². The minimum absolute atomic E-state index is 0.489. The van der Waals surface area contributed by atoms with Crippen LogP contribution in [0.1, 0.15) is 16.7 Å². The van der Waals surface area contributed by atoms with Crippen LogP contribution in [0, 0.1) is 5.92 Å². The number of halogens is 2. The highest BCUT2D eigenvalue weighted by Crippen LogP contribution is 2.25. The summed E-state index contributed by atoms with van der Waals surface area (Å²) in [5.41, 5.74) is 3.35. The highest BCUT2D eigenvalue weighted by Gasteiger charge is 2.15. The first kappa shape index (κ1) is 23.0. The smallest absolute Gasteiger partial charge is 0.120 e. The molecule has 0 unspecified atom stereocenters. The van der Waals surface area contributed by atoms with Crippen molar-refractivity contribution in [1.29, 1.82) is 0 Å². The molecule has 1 saturated heterocycles. The monoisotopic (exact) mass is 489 g/mol. The fourth-order valence-electron chi connectivity index (χ4n) is 3.15. The minimum Gasteiger partial charge on any atom is -0.490 e. The van der Waals surface area contributed by atoms with Crippen LogP contribution in [0.4, 0.5) is 0 Å². The van der Waals surface area contributed by atoms with E-state index < -0.39 is 0 Å². The lowest BCUT2D eigenvalue weighted by molar-refractivity contribution is 0.332. The highest BCUT2D eigenvalue weighted by molar-refractivity contribution is 9.10. The van der Waals surface area contributed by atoms with Crippen LogP contribution in [0.5, 0.6) is 5.75 Å². The Morgan fingerprint density at radius 3 is 2.70 bits per heavy atom. The average molecular weight is 491 g/mol. The number of ether oxygens (including phenoxy) is 1. The molecule has 0 spiro atoms. The van der Waals surface area contributed by atoms with Gasteiger partial charge in [-0.15, -0.1) is 0 Å². The van der Waals surface area contributed by atoms with Gasteiger partial charge >= 0.3 is 0 Å². The Morgan fingerprint density at radius 1 is 1.13 bits per heavy atom. The first-order chi connectivity index (χ1) is 14.6. The van der Waals surface area contributed by atoms with E-state index in [0.29, 0.717) is 11.6 Å². The van der Waals surface area contributed by atoms with Crippen LogP contribution in [0.2, 0.25) is 5.02 Å². The zero-order valence-corrected chi connectivity index (χ0v) is 19.4. The maximum absolute atomic E-state index is 6.04. The maximum Gasteiger partial charge on any atom is 0.120 e. The lowest BCUT2D eigenvalue weighted by Crippen LogP contribution is -2.47. The van der Waals surface area contributed by atoms with Crippen LogP contribution in [0.25, 0.3) is 12.2 Å². The molecule has 0 amide bonds. The molecule has 2 aromatic carbocycles. The zero-order chi connectivity index (χ0) is 21.2. The van der Waals surface area contributed by atoms with E-state index >= 15 is 0 Å². The topological polar surface area (TPSA) is 45.3 Å². The molecular weight excluding hydrogens is 462 g/mol. The van der Waals surface area contributed by atoms with Crippen LogP contribution in [-0.2, 0) is 6.54 Å². The first-order valence-corrected chi connectivity index (χ1v) is 11.4. The van der Waals surface area contributed by atoms with Gasteiger partial charge in [-0.1, -0.05) is 64.5 Å². The fraction of sp³-hybridized carbons (Fsp3) is 0.333. The van der Waals surface area contributed by atoms with Gasteiger partial charge in [0.15, 0.2) is 0 Å². The van der Waals surface area contributed by atoms with Gasteiger partial charge in [-0.05, 0) is 46.9 Å². The second-order valence-corrected chi connectivity index (χ2v) is 8.71. The summed E-state index contributed by atoms with van der Waals surface area (Å²) in [4.78, 5) is 0. The molecule has 6 heteroatoms. The molecular formula is C24H29BrClN3O. The second kappa shape index (κ2) is 12.3. The van der Waals surface area contributed by atoms with E-state index in [0.717, 1.165) is 66.5 Å². The Labute approximate surface area is 192 Å². The van der Waals surface area contributed by atoms with E-state index in [1.54, 1.807) is 6.08 Å². The molecule has 4 nitrogen and oxygen atoms in total. The maximum atomic E-state index is 6.04. The lowest BCUT2D eigenvalue weighted by Gasteiger charge is -2.27. The SMILES string of the molecule is C=CCOc1cc(/C=C/c2ccc(Cl)cc2Br)cc(CNCCNCC2CNC2)c1. The highest BCUT2D eigenvalue weighted by atomic mass is 79.9. The molecule has 1 heterocycles. The van der Waals surface area contributed by atoms with Gasteiger partial charge in [0.25, 0.3) is 0 Å². The molecule has 3 N–H and O–H groups in total. The van der Waals surface area contributed by atoms with Gasteiger partial charge in [0.2, 0.25) is 0 Å². The molecule has 0 saturated carbocycles. The van der Waals surface area contributed by atoms with Crippen molar-refractivity contribution >= 4 is 39.7 Å². The van der Waals surface area contributed by atoms with Crippen molar-refractivity contribution in [3.63, 3.8) is 0 Å². The average Bonchev–Trinajstić information content (AvgIpc) is 2.69. The Balaban J connectivity index is 1.59. The summed E-state index contributed by atoms with van der Waals surface area (Å²) in [6.45, 7) is 10.3. The molecule has 1 aliphatic rings. The third kappa shape index (κ3) is 7.56. The van der Waals surface area contributed by atoms with Gasteiger partial charge in [0, 0.05) is 48.8 Å². The standard InChI is InChI=1S/C24H29BrClN3O/c1-2-9-30-23-11-18(3-4-21-5-6-22(26)13-24(21)25)10-19(12-23)14-27-7-8-28-15-20-16-29-17-20/h2-6,10-13,20,27-29H,1,7-9,14-17H2/b4-3+. The summed E-state index contributed by atoms with van der Waals surface area (Å²) in [5.74, 6) is 1.64. The molecule has 2 aromatic rings. The summed E-state index contributed by atoms with van der Waals surface area (Å²) in [7, 11) is 0. The molecule has 160 valence electrons. The molecule has 0 atom stereocenters. The zero-order valence-electron chi connectivity index (χ0n) is 17.1. The van der Waals surface area contributed by atoms with Gasteiger partial charge in [-0.25, -0.2) is 0 Å². The third-order valence-electron chi connectivity index (χ3n) is 4.88. The molecule has 0 radical (unpaired) electrons. The summed E-state index contributed by atoms with van der Waals surface area (Å²) in [5, 5.41) is 11.0. The van der Waals surface area contributed by atoms with Crippen LogP contribution >= 0.6 is 27.5 Å². The largest absolute Gasteiger partial charge is 0.490 e. The van der Waals surface area contributed by atoms with Gasteiger partial charge < -0.3 is 20.7 Å². The van der Waals surface area contributed by atoms with E-state index in [4.69, 9.17) is 16.3 Å². The van der Waals surface area contributed by atoms with Crippen molar-refractivity contribution in [2.75, 3.05) is 39.3 Å². The molecule has 3 rings (SSSR count). The quantitative estimate of drug-likeness (QED) is 0.228. The second-order valence-electron chi connectivity index (χ2n) is 7.41. The van der Waals surface area contributed by atoms with Crippen molar-refractivity contribution in [3.8, 4) is 5.75 Å². The normalized spacial score (nSPS) is 14.1. The number of hydrogen-bond donors (Lipinski definition) is 3. The Kier molecular flexibility index (Phi) is 9.43. The number of rotatable bonds is 12. The fourth-order valence-corrected chi connectivity index (χ4v) is 3.97. The Morgan fingerprint density at radius 2 is 1.97 bits per heavy atom. The Bertz CT molecular complexity index is 868. The van der Waals surface area contributed by atoms with Crippen molar-refractivity contribution in [3.05, 3.63) is 75.2 Å². The van der Waals surface area contributed by atoms with Gasteiger partial charge in [0.05, 0.1) is 0 Å². The van der Waals surface area contributed by atoms with E-state index in [9.17, 15) is 0 Å². The predicted molar refractivity (Wildman–Crippen MR) is 131 cm³/mol. The number of benzene rings is 2. The van der Waals surface area contributed by atoms with Crippen molar-refractivity contribution < 1.29 is 4.74 Å². The summed E-state index contributed by atoms with van der Waals surface area (Å²) < 4.78 is 6.76. The molecule has 0 bridgehead atoms. The Hall–Kier alpha value is -1.63. The number of nitrogens with one attached hydrogen (secondary N) is 3. The molecule has 0 aromatic heterocycles. The van der Waals surface area contributed by atoms with Crippen LogP contribution in [0.15, 0.2) is 53.5 Å². The van der Waals surface area contributed by atoms with Crippen LogP contribution in [0.3, 0.4) is 0 Å². The minimum atomic E-state index is 0.489. The summed E-state index contributed by atoms with van der Waals surface area (Å²) in [6.07, 6.45) is 5.92. The van der Waals surface area contributed by atoms with Crippen molar-refractivity contribution in [1.82, 2.24) is 16.0 Å². The van der Waals surface area contributed by atoms with E-state index in [1.165, 1.54) is 5.56 Å². The summed E-state index contributed by atoms with van der Waals surface area (Å²) in [6, 6.07) is 12.1. The van der Waals surface area contributed by atoms with E-state index in [2.05, 4.69) is 62.7 Å². The molecule has 30 heavy (non-hydrogen) atoms. The lowest BCUT2D eigenvalue weighted by atomic mass is 10.0. The van der Waals surface area contributed by atoms with Crippen LogP contribution in [-0.4, -0.2) is 39.3 Å². The third-order valence-corrected chi connectivity index (χ3v) is 5.80. The first-order valence-electron chi connectivity index (χ1n) is 10.3. The predicted octanol–water partition coefficient (Wildman–Crippen LogP) is 4.74. The molecule has 1 fully saturated rings. The van der Waals surface area contributed by atoms with Crippen LogP contribution < -0.4 is 20.7 Å². The van der Waals surface area contributed by atoms with E-state index in [-0.39, 0.29) is 0 Å². The van der Waals surface area contributed by atoms with Crippen molar-refractivity contribution in [2.45, 2.75) is 6.54 Å². The van der Waals surface area contributed by atoms with Crippen molar-refractivity contribution in [2.24, 2.45) is 5.92 Å².